The summed E-state index contributed by atoms with van der Waals surface area (Å²) in [7, 11) is 0. The molecule has 1 rings (SSSR count). The Morgan fingerprint density at radius 1 is 1.69 bits per heavy atom. The molecule has 1 aromatic heterocycles. The monoisotopic (exact) mass is 216 g/mol. The van der Waals surface area contributed by atoms with E-state index in [1.165, 1.54) is 11.3 Å². The molecule has 4 heteroatoms. The van der Waals surface area contributed by atoms with Crippen molar-refractivity contribution >= 4 is 29.9 Å². The Labute approximate surface area is 87.3 Å². The Balaban J connectivity index is 2.40. The number of hydrogen-bond donors (Lipinski definition) is 1. The Hall–Kier alpha value is -0.480. The largest absolute Gasteiger partial charge is 0.462 e. The van der Waals surface area contributed by atoms with Gasteiger partial charge in [-0.1, -0.05) is 13.3 Å². The molecule has 1 aromatic rings. The summed E-state index contributed by atoms with van der Waals surface area (Å²) in [5, 5.41) is 1.82. The number of carbonyl (C=O) groups is 1. The molecule has 2 nitrogen and oxygen atoms in total. The van der Waals surface area contributed by atoms with E-state index in [9.17, 15) is 4.79 Å². The van der Waals surface area contributed by atoms with Gasteiger partial charge in [-0.05, 0) is 12.5 Å². The van der Waals surface area contributed by atoms with Gasteiger partial charge in [-0.2, -0.15) is 0 Å². The number of unbranched alkanes of at least 4 members (excludes halogenated alkanes) is 1. The first kappa shape index (κ1) is 10.6. The van der Waals surface area contributed by atoms with Crippen LogP contribution >= 0.6 is 24.0 Å². The zero-order valence-electron chi connectivity index (χ0n) is 7.45. The van der Waals surface area contributed by atoms with Crippen LogP contribution in [-0.4, -0.2) is 12.6 Å². The van der Waals surface area contributed by atoms with Crippen LogP contribution in [0.4, 0.5) is 0 Å². The first-order valence-corrected chi connectivity index (χ1v) is 5.51. The van der Waals surface area contributed by atoms with Gasteiger partial charge in [0.05, 0.1) is 6.61 Å². The van der Waals surface area contributed by atoms with Crippen LogP contribution in [0.25, 0.3) is 0 Å². The molecule has 0 saturated heterocycles. The lowest BCUT2D eigenvalue weighted by Crippen LogP contribution is -2.03. The molecule has 1 heterocycles. The van der Waals surface area contributed by atoms with Crippen molar-refractivity contribution in [2.45, 2.75) is 24.7 Å². The normalized spacial score (nSPS) is 10.0. The first-order chi connectivity index (χ1) is 6.24. The highest BCUT2D eigenvalue weighted by Crippen LogP contribution is 2.18. The summed E-state index contributed by atoms with van der Waals surface area (Å²) in [4.78, 5) is 12.7. The topological polar surface area (TPSA) is 26.3 Å². The van der Waals surface area contributed by atoms with Crippen LogP contribution in [0.1, 0.15) is 29.4 Å². The van der Waals surface area contributed by atoms with Crippen LogP contribution in [0, 0.1) is 0 Å². The van der Waals surface area contributed by atoms with Gasteiger partial charge in [0.15, 0.2) is 0 Å². The molecule has 0 aliphatic carbocycles. The van der Waals surface area contributed by atoms with E-state index >= 15 is 0 Å². The minimum Gasteiger partial charge on any atom is -0.462 e. The minimum absolute atomic E-state index is 0.237. The maximum absolute atomic E-state index is 11.3. The van der Waals surface area contributed by atoms with Gasteiger partial charge >= 0.3 is 5.97 Å². The summed E-state index contributed by atoms with van der Waals surface area (Å²) < 4.78 is 5.02. The summed E-state index contributed by atoms with van der Waals surface area (Å²) in [6.45, 7) is 2.57. The zero-order valence-corrected chi connectivity index (χ0v) is 9.16. The number of thiophene rings is 1. The quantitative estimate of drug-likeness (QED) is 0.476. The molecular weight excluding hydrogens is 204 g/mol. The Kier molecular flexibility index (Phi) is 4.32. The van der Waals surface area contributed by atoms with Crippen molar-refractivity contribution in [2.24, 2.45) is 0 Å². The molecule has 0 atom stereocenters. The van der Waals surface area contributed by atoms with Crippen LogP contribution in [0.5, 0.6) is 0 Å². The Morgan fingerprint density at radius 2 is 2.46 bits per heavy atom. The highest BCUT2D eigenvalue weighted by atomic mass is 32.1. The summed E-state index contributed by atoms with van der Waals surface area (Å²) in [6, 6.07) is 1.72. The lowest BCUT2D eigenvalue weighted by atomic mass is 10.4. The van der Waals surface area contributed by atoms with E-state index in [1.54, 1.807) is 6.07 Å². The number of rotatable bonds is 4. The van der Waals surface area contributed by atoms with E-state index < -0.39 is 0 Å². The molecular formula is C9H12O2S2. The van der Waals surface area contributed by atoms with Gasteiger partial charge in [-0.15, -0.1) is 24.0 Å². The molecule has 0 radical (unpaired) electrons. The fourth-order valence-corrected chi connectivity index (χ4v) is 1.85. The lowest BCUT2D eigenvalue weighted by molar-refractivity contribution is 0.0505. The Bertz CT molecular complexity index is 281. The SMILES string of the molecule is CCCCOC(=O)c1cc(S)cs1. The van der Waals surface area contributed by atoms with Crippen molar-refractivity contribution in [1.29, 1.82) is 0 Å². The molecule has 13 heavy (non-hydrogen) atoms. The van der Waals surface area contributed by atoms with E-state index in [2.05, 4.69) is 19.6 Å². The van der Waals surface area contributed by atoms with Crippen molar-refractivity contribution in [3.05, 3.63) is 16.3 Å². The van der Waals surface area contributed by atoms with E-state index in [-0.39, 0.29) is 5.97 Å². The van der Waals surface area contributed by atoms with Gasteiger partial charge in [0.25, 0.3) is 0 Å². The number of ether oxygens (including phenoxy) is 1. The molecule has 0 saturated carbocycles. The summed E-state index contributed by atoms with van der Waals surface area (Å²) in [5.41, 5.74) is 0. The number of esters is 1. The Morgan fingerprint density at radius 3 is 3.00 bits per heavy atom. The molecule has 0 spiro atoms. The van der Waals surface area contributed by atoms with E-state index in [0.717, 1.165) is 17.7 Å². The summed E-state index contributed by atoms with van der Waals surface area (Å²) in [6.07, 6.45) is 1.96. The maximum Gasteiger partial charge on any atom is 0.348 e. The van der Waals surface area contributed by atoms with E-state index in [0.29, 0.717) is 11.5 Å². The summed E-state index contributed by atoms with van der Waals surface area (Å²) in [5.74, 6) is -0.237. The second kappa shape index (κ2) is 5.29. The highest BCUT2D eigenvalue weighted by molar-refractivity contribution is 7.80. The van der Waals surface area contributed by atoms with Crippen LogP contribution in [0.3, 0.4) is 0 Å². The first-order valence-electron chi connectivity index (χ1n) is 4.18. The van der Waals surface area contributed by atoms with Crippen molar-refractivity contribution < 1.29 is 9.53 Å². The highest BCUT2D eigenvalue weighted by Gasteiger charge is 2.08. The lowest BCUT2D eigenvalue weighted by Gasteiger charge is -2.00. The number of hydrogen-bond acceptors (Lipinski definition) is 4. The van der Waals surface area contributed by atoms with Gasteiger partial charge in [0.2, 0.25) is 0 Å². The molecule has 0 amide bonds. The van der Waals surface area contributed by atoms with Crippen LogP contribution < -0.4 is 0 Å². The molecule has 0 aliphatic rings. The second-order valence-corrected chi connectivity index (χ2v) is 4.09. The predicted octanol–water partition coefficient (Wildman–Crippen LogP) is 2.99. The van der Waals surface area contributed by atoms with Gasteiger partial charge < -0.3 is 4.74 Å². The predicted molar refractivity (Wildman–Crippen MR) is 56.8 cm³/mol. The number of carbonyl (C=O) groups excluding carboxylic acids is 1. The molecule has 0 fully saturated rings. The molecule has 0 aliphatic heterocycles. The van der Waals surface area contributed by atoms with Crippen molar-refractivity contribution in [2.75, 3.05) is 6.61 Å². The third kappa shape index (κ3) is 3.40. The number of thiol groups is 1. The van der Waals surface area contributed by atoms with E-state index in [4.69, 9.17) is 4.74 Å². The van der Waals surface area contributed by atoms with Crippen LogP contribution in [0.15, 0.2) is 16.3 Å². The standard InChI is InChI=1S/C9H12O2S2/c1-2-3-4-11-9(10)8-5-7(12)6-13-8/h5-6,12H,2-4H2,1H3. The molecule has 0 aromatic carbocycles. The van der Waals surface area contributed by atoms with Gasteiger partial charge in [0, 0.05) is 10.3 Å². The molecule has 0 N–H and O–H groups in total. The van der Waals surface area contributed by atoms with Crippen molar-refractivity contribution in [3.63, 3.8) is 0 Å². The van der Waals surface area contributed by atoms with Gasteiger partial charge in [-0.3, -0.25) is 0 Å². The third-order valence-corrected chi connectivity index (χ3v) is 2.86. The fourth-order valence-electron chi connectivity index (χ4n) is 0.814. The fraction of sp³-hybridized carbons (Fsp3) is 0.444. The second-order valence-electron chi connectivity index (χ2n) is 2.66. The smallest absolute Gasteiger partial charge is 0.348 e. The van der Waals surface area contributed by atoms with Crippen molar-refractivity contribution in [3.8, 4) is 0 Å². The molecule has 0 bridgehead atoms. The average Bonchev–Trinajstić information content (AvgIpc) is 2.52. The maximum atomic E-state index is 11.3. The average molecular weight is 216 g/mol. The van der Waals surface area contributed by atoms with E-state index in [1.807, 2.05) is 5.38 Å². The third-order valence-electron chi connectivity index (χ3n) is 1.52. The molecule has 0 unspecified atom stereocenters. The zero-order chi connectivity index (χ0) is 9.68. The summed E-state index contributed by atoms with van der Waals surface area (Å²) >= 11 is 5.48. The van der Waals surface area contributed by atoms with Gasteiger partial charge in [0.1, 0.15) is 4.88 Å². The van der Waals surface area contributed by atoms with Crippen LogP contribution in [-0.2, 0) is 4.74 Å². The van der Waals surface area contributed by atoms with Crippen molar-refractivity contribution in [1.82, 2.24) is 0 Å². The molecule has 72 valence electrons. The van der Waals surface area contributed by atoms with Crippen LogP contribution in [0.2, 0.25) is 0 Å². The van der Waals surface area contributed by atoms with Gasteiger partial charge in [-0.25, -0.2) is 4.79 Å². The minimum atomic E-state index is -0.237.